The number of ether oxygens (including phenoxy) is 2. The van der Waals surface area contributed by atoms with E-state index in [1.165, 1.54) is 0 Å². The molecule has 0 spiro atoms. The number of hydrogen-bond acceptors (Lipinski definition) is 4. The Balaban J connectivity index is 1.60. The molecule has 0 saturated carbocycles. The van der Waals surface area contributed by atoms with E-state index in [2.05, 4.69) is 20.9 Å². The Morgan fingerprint density at radius 2 is 1.96 bits per heavy atom. The minimum absolute atomic E-state index is 0.00465. The van der Waals surface area contributed by atoms with Crippen LogP contribution >= 0.6 is 39.1 Å². The van der Waals surface area contributed by atoms with E-state index in [1.54, 1.807) is 35.4 Å². The highest BCUT2D eigenvalue weighted by Gasteiger charge is 2.17. The van der Waals surface area contributed by atoms with Crippen LogP contribution in [0.1, 0.15) is 5.56 Å². The second-order valence-corrected chi connectivity index (χ2v) is 7.50. The SMILES string of the molecule is O=C(COc1ccc(C=Nc2ccc(Cl)c(Cl)c2)cc1Br)N1CCOCC1. The Labute approximate surface area is 176 Å². The third-order valence-electron chi connectivity index (χ3n) is 3.94. The topological polar surface area (TPSA) is 51.1 Å². The van der Waals surface area contributed by atoms with E-state index in [1.807, 2.05) is 12.1 Å². The number of benzene rings is 2. The lowest BCUT2D eigenvalue weighted by atomic mass is 10.2. The van der Waals surface area contributed by atoms with Gasteiger partial charge in [-0.25, -0.2) is 0 Å². The van der Waals surface area contributed by atoms with Gasteiger partial charge in [-0.2, -0.15) is 0 Å². The van der Waals surface area contributed by atoms with Crippen LogP contribution in [-0.2, 0) is 9.53 Å². The number of carbonyl (C=O) groups is 1. The summed E-state index contributed by atoms with van der Waals surface area (Å²) in [5, 5.41) is 0.952. The molecular formula is C19H17BrCl2N2O3. The van der Waals surface area contributed by atoms with Gasteiger partial charge in [-0.15, -0.1) is 0 Å². The minimum Gasteiger partial charge on any atom is -0.483 e. The quantitative estimate of drug-likeness (QED) is 0.591. The second-order valence-electron chi connectivity index (χ2n) is 5.83. The van der Waals surface area contributed by atoms with Crippen molar-refractivity contribution < 1.29 is 14.3 Å². The number of halogens is 3. The van der Waals surface area contributed by atoms with Crippen molar-refractivity contribution in [3.8, 4) is 5.75 Å². The fraction of sp³-hybridized carbons (Fsp3) is 0.263. The van der Waals surface area contributed by atoms with Crippen molar-refractivity contribution in [2.24, 2.45) is 4.99 Å². The van der Waals surface area contributed by atoms with E-state index in [-0.39, 0.29) is 12.5 Å². The van der Waals surface area contributed by atoms with Crippen molar-refractivity contribution in [1.82, 2.24) is 4.90 Å². The monoisotopic (exact) mass is 470 g/mol. The van der Waals surface area contributed by atoms with Crippen molar-refractivity contribution in [3.05, 3.63) is 56.5 Å². The predicted molar refractivity (Wildman–Crippen MR) is 111 cm³/mol. The Hall–Kier alpha value is -1.60. The molecule has 0 radical (unpaired) electrons. The van der Waals surface area contributed by atoms with Crippen molar-refractivity contribution in [3.63, 3.8) is 0 Å². The van der Waals surface area contributed by atoms with Gasteiger partial charge in [0.15, 0.2) is 6.61 Å². The highest BCUT2D eigenvalue weighted by Crippen LogP contribution is 2.28. The van der Waals surface area contributed by atoms with Crippen molar-refractivity contribution in [1.29, 1.82) is 0 Å². The smallest absolute Gasteiger partial charge is 0.260 e. The summed E-state index contributed by atoms with van der Waals surface area (Å²) in [6.07, 6.45) is 1.72. The summed E-state index contributed by atoms with van der Waals surface area (Å²) < 4.78 is 11.6. The Kier molecular flexibility index (Phi) is 7.13. The van der Waals surface area contributed by atoms with Crippen LogP contribution in [-0.4, -0.2) is 49.9 Å². The molecule has 1 fully saturated rings. The van der Waals surface area contributed by atoms with Crippen LogP contribution in [0.2, 0.25) is 10.0 Å². The largest absolute Gasteiger partial charge is 0.483 e. The van der Waals surface area contributed by atoms with E-state index in [0.717, 1.165) is 10.0 Å². The number of hydrogen-bond donors (Lipinski definition) is 0. The Morgan fingerprint density at radius 3 is 2.67 bits per heavy atom. The van der Waals surface area contributed by atoms with Gasteiger partial charge in [0, 0.05) is 19.3 Å². The Bertz CT molecular complexity index is 855. The van der Waals surface area contributed by atoms with E-state index in [0.29, 0.717) is 47.8 Å². The first-order valence-electron chi connectivity index (χ1n) is 8.30. The first-order chi connectivity index (χ1) is 13.0. The summed E-state index contributed by atoms with van der Waals surface area (Å²) in [6.45, 7) is 2.35. The molecule has 0 aliphatic carbocycles. The summed E-state index contributed by atoms with van der Waals surface area (Å²) in [4.78, 5) is 18.3. The van der Waals surface area contributed by atoms with Crippen LogP contribution in [0.15, 0.2) is 45.9 Å². The zero-order valence-corrected chi connectivity index (χ0v) is 17.4. The molecule has 27 heavy (non-hydrogen) atoms. The van der Waals surface area contributed by atoms with Crippen molar-refractivity contribution in [2.75, 3.05) is 32.9 Å². The van der Waals surface area contributed by atoms with E-state index in [4.69, 9.17) is 32.7 Å². The zero-order chi connectivity index (χ0) is 19.2. The molecule has 0 atom stereocenters. The van der Waals surface area contributed by atoms with Gasteiger partial charge in [0.1, 0.15) is 5.75 Å². The van der Waals surface area contributed by atoms with Gasteiger partial charge in [-0.3, -0.25) is 9.79 Å². The van der Waals surface area contributed by atoms with Crippen LogP contribution in [0.3, 0.4) is 0 Å². The van der Waals surface area contributed by atoms with Gasteiger partial charge < -0.3 is 14.4 Å². The number of rotatable bonds is 5. The highest BCUT2D eigenvalue weighted by molar-refractivity contribution is 9.10. The minimum atomic E-state index is -0.0459. The van der Waals surface area contributed by atoms with Gasteiger partial charge in [-0.1, -0.05) is 23.2 Å². The third kappa shape index (κ3) is 5.69. The van der Waals surface area contributed by atoms with Crippen LogP contribution in [0.25, 0.3) is 0 Å². The summed E-state index contributed by atoms with van der Waals surface area (Å²) in [5.41, 5.74) is 1.58. The molecule has 1 saturated heterocycles. The lowest BCUT2D eigenvalue weighted by molar-refractivity contribution is -0.137. The summed E-state index contributed by atoms with van der Waals surface area (Å²) in [5.74, 6) is 0.554. The van der Waals surface area contributed by atoms with Crippen LogP contribution in [0.4, 0.5) is 5.69 Å². The standard InChI is InChI=1S/C19H17BrCl2N2O3/c20-15-9-13(11-23-14-2-3-16(21)17(22)10-14)1-4-18(15)27-12-19(25)24-5-7-26-8-6-24/h1-4,9-11H,5-8,12H2. The molecule has 5 nitrogen and oxygen atoms in total. The molecule has 3 rings (SSSR count). The molecule has 1 aliphatic rings. The molecule has 8 heteroatoms. The molecule has 2 aromatic rings. The van der Waals surface area contributed by atoms with Crippen LogP contribution in [0.5, 0.6) is 5.75 Å². The lowest BCUT2D eigenvalue weighted by Crippen LogP contribution is -2.43. The second kappa shape index (κ2) is 9.55. The molecule has 0 bridgehead atoms. The van der Waals surface area contributed by atoms with Gasteiger partial charge in [-0.05, 0) is 57.9 Å². The Morgan fingerprint density at radius 1 is 1.19 bits per heavy atom. The normalized spacial score (nSPS) is 14.6. The summed E-state index contributed by atoms with van der Waals surface area (Å²) in [6, 6.07) is 10.7. The molecule has 1 amide bonds. The van der Waals surface area contributed by atoms with Gasteiger partial charge in [0.2, 0.25) is 0 Å². The maximum Gasteiger partial charge on any atom is 0.260 e. The van der Waals surface area contributed by atoms with E-state index in [9.17, 15) is 4.79 Å². The number of nitrogens with zero attached hydrogens (tertiary/aromatic N) is 2. The molecule has 142 valence electrons. The van der Waals surface area contributed by atoms with E-state index >= 15 is 0 Å². The first-order valence-corrected chi connectivity index (χ1v) is 9.85. The molecule has 1 aliphatic heterocycles. The van der Waals surface area contributed by atoms with Crippen molar-refractivity contribution >= 4 is 56.9 Å². The van der Waals surface area contributed by atoms with Gasteiger partial charge in [0.05, 0.1) is 33.4 Å². The highest BCUT2D eigenvalue weighted by atomic mass is 79.9. The number of amides is 1. The molecule has 2 aromatic carbocycles. The maximum atomic E-state index is 12.1. The fourth-order valence-corrected chi connectivity index (χ4v) is 3.28. The summed E-state index contributed by atoms with van der Waals surface area (Å²) in [7, 11) is 0. The average Bonchev–Trinajstić information content (AvgIpc) is 2.68. The fourth-order valence-electron chi connectivity index (χ4n) is 2.47. The van der Waals surface area contributed by atoms with Crippen LogP contribution in [0, 0.1) is 0 Å². The van der Waals surface area contributed by atoms with Crippen molar-refractivity contribution in [2.45, 2.75) is 0 Å². The zero-order valence-electron chi connectivity index (χ0n) is 14.3. The third-order valence-corrected chi connectivity index (χ3v) is 5.30. The lowest BCUT2D eigenvalue weighted by Gasteiger charge is -2.26. The molecular weight excluding hydrogens is 455 g/mol. The van der Waals surface area contributed by atoms with E-state index < -0.39 is 0 Å². The average molecular weight is 472 g/mol. The van der Waals surface area contributed by atoms with Gasteiger partial charge in [0.25, 0.3) is 5.91 Å². The number of aliphatic imine (C=N–C) groups is 1. The number of carbonyl (C=O) groups excluding carboxylic acids is 1. The molecule has 0 N–H and O–H groups in total. The molecule has 0 aromatic heterocycles. The summed E-state index contributed by atoms with van der Waals surface area (Å²) >= 11 is 15.4. The van der Waals surface area contributed by atoms with Gasteiger partial charge >= 0.3 is 0 Å². The molecule has 1 heterocycles. The first kappa shape index (κ1) is 20.1. The molecule has 0 unspecified atom stereocenters. The maximum absolute atomic E-state index is 12.1. The van der Waals surface area contributed by atoms with Crippen LogP contribution < -0.4 is 4.74 Å². The predicted octanol–water partition coefficient (Wildman–Crippen LogP) is 4.74. The number of morpholine rings is 1.